The largest absolute Gasteiger partial charge is 0.356 e. The molecular weight excluding hydrogens is 345 g/mol. The number of nitrogens with one attached hydrogen (secondary N) is 1. The first kappa shape index (κ1) is 17.1. The molecule has 2 aromatic rings. The van der Waals surface area contributed by atoms with Gasteiger partial charge in [-0.2, -0.15) is 0 Å². The van der Waals surface area contributed by atoms with Crippen molar-refractivity contribution in [1.82, 2.24) is 4.98 Å². The Morgan fingerprint density at radius 3 is 2.71 bits per heavy atom. The van der Waals surface area contributed by atoms with Gasteiger partial charge in [0, 0.05) is 40.6 Å². The molecule has 1 N–H and O–H groups in total. The number of benzene rings is 1. The molecule has 6 heteroatoms. The highest BCUT2D eigenvalue weighted by Gasteiger charge is 2.18. The highest BCUT2D eigenvalue weighted by Crippen LogP contribution is 2.24. The Bertz CT molecular complexity index is 731. The zero-order valence-electron chi connectivity index (χ0n) is 13.4. The van der Waals surface area contributed by atoms with Crippen LogP contribution in [0.3, 0.4) is 0 Å². The number of rotatable bonds is 3. The maximum Gasteiger partial charge on any atom is 0.255 e. The molecule has 4 nitrogen and oxygen atoms in total. The van der Waals surface area contributed by atoms with Gasteiger partial charge >= 0.3 is 0 Å². The Morgan fingerprint density at radius 2 is 2.00 bits per heavy atom. The van der Waals surface area contributed by atoms with Crippen molar-refractivity contribution in [2.75, 3.05) is 23.3 Å². The molecule has 1 fully saturated rings. The molecule has 0 bridgehead atoms. The van der Waals surface area contributed by atoms with E-state index >= 15 is 0 Å². The van der Waals surface area contributed by atoms with Gasteiger partial charge in [-0.1, -0.05) is 30.1 Å². The molecule has 1 amide bonds. The number of halogens is 2. The summed E-state index contributed by atoms with van der Waals surface area (Å²) in [5, 5.41) is 3.79. The summed E-state index contributed by atoms with van der Waals surface area (Å²) in [7, 11) is 0. The van der Waals surface area contributed by atoms with Crippen molar-refractivity contribution in [3.63, 3.8) is 0 Å². The third kappa shape index (κ3) is 4.19. The molecule has 24 heavy (non-hydrogen) atoms. The molecule has 0 spiro atoms. The van der Waals surface area contributed by atoms with Gasteiger partial charge in [-0.25, -0.2) is 4.98 Å². The summed E-state index contributed by atoms with van der Waals surface area (Å²) >= 11 is 11.9. The van der Waals surface area contributed by atoms with E-state index in [-0.39, 0.29) is 5.91 Å². The number of aromatic nitrogens is 1. The number of pyridine rings is 1. The average molecular weight is 364 g/mol. The lowest BCUT2D eigenvalue weighted by Crippen LogP contribution is -2.34. The van der Waals surface area contributed by atoms with E-state index in [9.17, 15) is 4.79 Å². The van der Waals surface area contributed by atoms with Crippen LogP contribution in [-0.4, -0.2) is 24.0 Å². The van der Waals surface area contributed by atoms with Crippen LogP contribution in [0.4, 0.5) is 11.5 Å². The molecule has 0 saturated carbocycles. The van der Waals surface area contributed by atoms with E-state index in [1.54, 1.807) is 30.5 Å². The first-order valence-corrected chi connectivity index (χ1v) is 8.75. The zero-order valence-corrected chi connectivity index (χ0v) is 14.9. The molecule has 3 rings (SSSR count). The minimum atomic E-state index is -0.206. The summed E-state index contributed by atoms with van der Waals surface area (Å²) in [6, 6.07) is 8.50. The number of hydrogen-bond acceptors (Lipinski definition) is 3. The molecule has 1 unspecified atom stereocenters. The molecule has 1 aliphatic heterocycles. The SMILES string of the molecule is CC1CCCN(c2cc(C(=O)Nc3cc(Cl)cc(Cl)c3)ccn2)C1. The van der Waals surface area contributed by atoms with Crippen molar-refractivity contribution in [1.29, 1.82) is 0 Å². The Hall–Kier alpha value is -1.78. The molecule has 1 saturated heterocycles. The lowest BCUT2D eigenvalue weighted by Gasteiger charge is -2.31. The maximum atomic E-state index is 12.5. The van der Waals surface area contributed by atoms with Crippen LogP contribution in [0.2, 0.25) is 10.0 Å². The van der Waals surface area contributed by atoms with Crippen molar-refractivity contribution in [3.8, 4) is 0 Å². The predicted octanol–water partition coefficient (Wildman–Crippen LogP) is 4.88. The molecule has 1 atom stereocenters. The fourth-order valence-corrected chi connectivity index (χ4v) is 3.49. The van der Waals surface area contributed by atoms with Gasteiger partial charge in [0.15, 0.2) is 0 Å². The molecule has 1 aromatic carbocycles. The van der Waals surface area contributed by atoms with Gasteiger partial charge in [-0.3, -0.25) is 4.79 Å². The second-order valence-electron chi connectivity index (χ2n) is 6.21. The van der Waals surface area contributed by atoms with Gasteiger partial charge in [-0.15, -0.1) is 0 Å². The topological polar surface area (TPSA) is 45.2 Å². The van der Waals surface area contributed by atoms with E-state index in [1.165, 1.54) is 6.42 Å². The molecule has 1 aliphatic rings. The van der Waals surface area contributed by atoms with Gasteiger partial charge in [-0.05, 0) is 49.1 Å². The van der Waals surface area contributed by atoms with E-state index < -0.39 is 0 Å². The normalized spacial score (nSPS) is 17.6. The standard InChI is InChI=1S/C18H19Cl2N3O/c1-12-3-2-6-23(11-12)17-7-13(4-5-21-17)18(24)22-16-9-14(19)8-15(20)10-16/h4-5,7-10,12H,2-3,6,11H2,1H3,(H,22,24). The minimum absolute atomic E-state index is 0.206. The van der Waals surface area contributed by atoms with Crippen molar-refractivity contribution in [3.05, 3.63) is 52.1 Å². The highest BCUT2D eigenvalue weighted by atomic mass is 35.5. The predicted molar refractivity (Wildman–Crippen MR) is 99.3 cm³/mol. The van der Waals surface area contributed by atoms with E-state index in [2.05, 4.69) is 22.1 Å². The first-order chi connectivity index (χ1) is 11.5. The monoisotopic (exact) mass is 363 g/mol. The molecule has 1 aromatic heterocycles. The first-order valence-electron chi connectivity index (χ1n) is 8.00. The van der Waals surface area contributed by atoms with Crippen LogP contribution >= 0.6 is 23.2 Å². The van der Waals surface area contributed by atoms with E-state index in [0.29, 0.717) is 27.2 Å². The number of anilines is 2. The molecule has 2 heterocycles. The zero-order chi connectivity index (χ0) is 17.1. The van der Waals surface area contributed by atoms with Gasteiger partial charge in [0.25, 0.3) is 5.91 Å². The summed E-state index contributed by atoms with van der Waals surface area (Å²) in [5.74, 6) is 1.28. The average Bonchev–Trinajstić information content (AvgIpc) is 2.54. The summed E-state index contributed by atoms with van der Waals surface area (Å²) in [4.78, 5) is 19.1. The van der Waals surface area contributed by atoms with E-state index in [4.69, 9.17) is 23.2 Å². The number of carbonyl (C=O) groups excluding carboxylic acids is 1. The van der Waals surface area contributed by atoms with Crippen molar-refractivity contribution >= 4 is 40.6 Å². The van der Waals surface area contributed by atoms with Crippen LogP contribution in [0.5, 0.6) is 0 Å². The van der Waals surface area contributed by atoms with E-state index in [1.807, 2.05) is 6.07 Å². The second kappa shape index (κ2) is 7.41. The number of hydrogen-bond donors (Lipinski definition) is 1. The summed E-state index contributed by atoms with van der Waals surface area (Å²) in [6.07, 6.45) is 4.07. The molecule has 0 radical (unpaired) electrons. The third-order valence-electron chi connectivity index (χ3n) is 4.11. The molecule has 0 aliphatic carbocycles. The number of piperidine rings is 1. The summed E-state index contributed by atoms with van der Waals surface area (Å²) in [6.45, 7) is 4.19. The van der Waals surface area contributed by atoms with E-state index in [0.717, 1.165) is 25.3 Å². The Labute approximate surface area is 151 Å². The van der Waals surface area contributed by atoms with Crippen molar-refractivity contribution < 1.29 is 4.79 Å². The van der Waals surface area contributed by atoms with Gasteiger partial charge < -0.3 is 10.2 Å². The number of amides is 1. The Kier molecular flexibility index (Phi) is 5.27. The highest BCUT2D eigenvalue weighted by molar-refractivity contribution is 6.35. The minimum Gasteiger partial charge on any atom is -0.356 e. The fraction of sp³-hybridized carbons (Fsp3) is 0.333. The van der Waals surface area contributed by atoms with Crippen molar-refractivity contribution in [2.45, 2.75) is 19.8 Å². The van der Waals surface area contributed by atoms with Crippen LogP contribution in [0, 0.1) is 5.92 Å². The Morgan fingerprint density at radius 1 is 1.25 bits per heavy atom. The van der Waals surface area contributed by atoms with Gasteiger partial charge in [0.05, 0.1) is 0 Å². The number of carbonyl (C=O) groups is 1. The smallest absolute Gasteiger partial charge is 0.255 e. The van der Waals surface area contributed by atoms with Crippen LogP contribution < -0.4 is 10.2 Å². The second-order valence-corrected chi connectivity index (χ2v) is 7.08. The molecular formula is C18H19Cl2N3O. The van der Waals surface area contributed by atoms with Crippen LogP contribution in [-0.2, 0) is 0 Å². The van der Waals surface area contributed by atoms with Gasteiger partial charge in [0.1, 0.15) is 5.82 Å². The van der Waals surface area contributed by atoms with Crippen molar-refractivity contribution in [2.24, 2.45) is 5.92 Å². The lowest BCUT2D eigenvalue weighted by molar-refractivity contribution is 0.102. The van der Waals surface area contributed by atoms with Crippen LogP contribution in [0.1, 0.15) is 30.1 Å². The van der Waals surface area contributed by atoms with Crippen LogP contribution in [0.25, 0.3) is 0 Å². The summed E-state index contributed by atoms with van der Waals surface area (Å²) < 4.78 is 0. The fourth-order valence-electron chi connectivity index (χ4n) is 2.96. The summed E-state index contributed by atoms with van der Waals surface area (Å²) in [5.41, 5.74) is 1.14. The number of nitrogens with zero attached hydrogens (tertiary/aromatic N) is 2. The quantitative estimate of drug-likeness (QED) is 0.845. The lowest BCUT2D eigenvalue weighted by atomic mass is 10.0. The third-order valence-corrected chi connectivity index (χ3v) is 4.55. The van der Waals surface area contributed by atoms with Crippen LogP contribution in [0.15, 0.2) is 36.5 Å². The Balaban J connectivity index is 1.76. The van der Waals surface area contributed by atoms with Gasteiger partial charge in [0.2, 0.25) is 0 Å². The molecule has 126 valence electrons. The maximum absolute atomic E-state index is 12.5.